The van der Waals surface area contributed by atoms with Gasteiger partial charge in [0, 0.05) is 13.3 Å². The normalized spacial score (nSPS) is 12.2. The molecule has 2 heteroatoms. The van der Waals surface area contributed by atoms with E-state index in [1.165, 1.54) is 6.92 Å². The Bertz CT molecular complexity index is 141. The van der Waals surface area contributed by atoms with Crippen LogP contribution in [0.3, 0.4) is 0 Å². The second kappa shape index (κ2) is 6.89. The van der Waals surface area contributed by atoms with Gasteiger partial charge in [0.2, 0.25) is 0 Å². The van der Waals surface area contributed by atoms with E-state index in [1.54, 1.807) is 6.08 Å². The molecule has 0 saturated heterocycles. The Morgan fingerprint density at radius 1 is 1.67 bits per heavy atom. The van der Waals surface area contributed by atoms with Gasteiger partial charge in [-0.15, -0.1) is 6.58 Å². The lowest BCUT2D eigenvalue weighted by Gasteiger charge is -2.14. The Morgan fingerprint density at radius 2 is 2.33 bits per heavy atom. The molecule has 0 heterocycles. The summed E-state index contributed by atoms with van der Waals surface area (Å²) in [7, 11) is 0. The van der Waals surface area contributed by atoms with Crippen LogP contribution in [0.1, 0.15) is 39.5 Å². The predicted molar refractivity (Wildman–Crippen MR) is 49.9 cm³/mol. The fourth-order valence-corrected chi connectivity index (χ4v) is 1.08. The first-order valence-electron chi connectivity index (χ1n) is 4.48. The van der Waals surface area contributed by atoms with Crippen LogP contribution in [0.5, 0.6) is 0 Å². The molecule has 1 atom stereocenters. The standard InChI is InChI=1S/C10H18O2/c1-4-6-8-10(7-5-2)12-9(3)11/h5,10H,2,4,6-8H2,1,3H3. The molecule has 1 unspecified atom stereocenters. The van der Waals surface area contributed by atoms with Crippen molar-refractivity contribution in [3.8, 4) is 0 Å². The Hall–Kier alpha value is -0.790. The smallest absolute Gasteiger partial charge is 0.302 e. The van der Waals surface area contributed by atoms with Crippen molar-refractivity contribution in [3.63, 3.8) is 0 Å². The molecule has 0 aliphatic carbocycles. The lowest BCUT2D eigenvalue weighted by atomic mass is 10.1. The van der Waals surface area contributed by atoms with Crippen molar-refractivity contribution in [3.05, 3.63) is 12.7 Å². The summed E-state index contributed by atoms with van der Waals surface area (Å²) < 4.78 is 5.08. The number of carbonyl (C=O) groups excluding carboxylic acids is 1. The van der Waals surface area contributed by atoms with E-state index < -0.39 is 0 Å². The van der Waals surface area contributed by atoms with E-state index in [0.717, 1.165) is 25.7 Å². The first-order chi connectivity index (χ1) is 5.70. The summed E-state index contributed by atoms with van der Waals surface area (Å²) in [6, 6.07) is 0. The Morgan fingerprint density at radius 3 is 2.75 bits per heavy atom. The molecule has 0 radical (unpaired) electrons. The third kappa shape index (κ3) is 5.96. The maximum absolute atomic E-state index is 10.6. The number of rotatable bonds is 6. The highest BCUT2D eigenvalue weighted by atomic mass is 16.5. The Kier molecular flexibility index (Phi) is 6.44. The quantitative estimate of drug-likeness (QED) is 0.452. The van der Waals surface area contributed by atoms with E-state index in [0.29, 0.717) is 0 Å². The van der Waals surface area contributed by atoms with Crippen LogP contribution in [-0.4, -0.2) is 12.1 Å². The molecule has 0 aliphatic rings. The molecule has 12 heavy (non-hydrogen) atoms. The van der Waals surface area contributed by atoms with Crippen LogP contribution in [0.4, 0.5) is 0 Å². The lowest BCUT2D eigenvalue weighted by molar-refractivity contribution is -0.146. The molecule has 70 valence electrons. The maximum Gasteiger partial charge on any atom is 0.302 e. The molecule has 0 aromatic heterocycles. The molecule has 0 amide bonds. The first kappa shape index (κ1) is 11.2. The van der Waals surface area contributed by atoms with E-state index >= 15 is 0 Å². The third-order valence-corrected chi connectivity index (χ3v) is 1.64. The van der Waals surface area contributed by atoms with E-state index in [-0.39, 0.29) is 12.1 Å². The lowest BCUT2D eigenvalue weighted by Crippen LogP contribution is -2.15. The number of hydrogen-bond acceptors (Lipinski definition) is 2. The van der Waals surface area contributed by atoms with Crippen molar-refractivity contribution >= 4 is 5.97 Å². The molecular weight excluding hydrogens is 152 g/mol. The van der Waals surface area contributed by atoms with Crippen LogP contribution in [0.15, 0.2) is 12.7 Å². The molecule has 0 bridgehead atoms. The molecule has 0 aromatic carbocycles. The summed E-state index contributed by atoms with van der Waals surface area (Å²) in [6.45, 7) is 7.19. The summed E-state index contributed by atoms with van der Waals surface area (Å²) in [5.41, 5.74) is 0. The Balaban J connectivity index is 3.68. The van der Waals surface area contributed by atoms with Crippen LogP contribution in [0.25, 0.3) is 0 Å². The topological polar surface area (TPSA) is 26.3 Å². The monoisotopic (exact) mass is 170 g/mol. The molecule has 2 nitrogen and oxygen atoms in total. The zero-order valence-corrected chi connectivity index (χ0v) is 8.01. The highest BCUT2D eigenvalue weighted by molar-refractivity contribution is 5.66. The average molecular weight is 170 g/mol. The molecule has 0 rings (SSSR count). The zero-order chi connectivity index (χ0) is 9.40. The first-order valence-corrected chi connectivity index (χ1v) is 4.48. The van der Waals surface area contributed by atoms with Gasteiger partial charge >= 0.3 is 5.97 Å². The van der Waals surface area contributed by atoms with Crippen LogP contribution < -0.4 is 0 Å². The highest BCUT2D eigenvalue weighted by Crippen LogP contribution is 2.09. The summed E-state index contributed by atoms with van der Waals surface area (Å²) >= 11 is 0. The molecule has 0 fully saturated rings. The van der Waals surface area contributed by atoms with Crippen molar-refractivity contribution in [1.82, 2.24) is 0 Å². The van der Waals surface area contributed by atoms with Crippen LogP contribution in [0.2, 0.25) is 0 Å². The Labute approximate surface area is 74.6 Å². The number of hydrogen-bond donors (Lipinski definition) is 0. The van der Waals surface area contributed by atoms with Crippen molar-refractivity contribution in [2.75, 3.05) is 0 Å². The molecule has 0 saturated carbocycles. The molecular formula is C10H18O2. The van der Waals surface area contributed by atoms with Gasteiger partial charge in [-0.25, -0.2) is 0 Å². The van der Waals surface area contributed by atoms with Crippen molar-refractivity contribution in [2.45, 2.75) is 45.6 Å². The predicted octanol–water partition coefficient (Wildman–Crippen LogP) is 2.68. The second-order valence-electron chi connectivity index (χ2n) is 2.90. The average Bonchev–Trinajstić information content (AvgIpc) is 2.00. The third-order valence-electron chi connectivity index (χ3n) is 1.64. The maximum atomic E-state index is 10.6. The van der Waals surface area contributed by atoms with Gasteiger partial charge in [-0.1, -0.05) is 25.8 Å². The second-order valence-corrected chi connectivity index (χ2v) is 2.90. The molecule has 0 spiro atoms. The highest BCUT2D eigenvalue weighted by Gasteiger charge is 2.08. The largest absolute Gasteiger partial charge is 0.462 e. The van der Waals surface area contributed by atoms with Crippen LogP contribution >= 0.6 is 0 Å². The van der Waals surface area contributed by atoms with Gasteiger partial charge in [0.25, 0.3) is 0 Å². The SMILES string of the molecule is C=CCC(CCCC)OC(C)=O. The van der Waals surface area contributed by atoms with E-state index in [4.69, 9.17) is 4.74 Å². The van der Waals surface area contributed by atoms with Gasteiger partial charge in [-0.3, -0.25) is 4.79 Å². The molecule has 0 aromatic rings. The van der Waals surface area contributed by atoms with Crippen molar-refractivity contribution in [1.29, 1.82) is 0 Å². The zero-order valence-electron chi connectivity index (χ0n) is 8.01. The fraction of sp³-hybridized carbons (Fsp3) is 0.700. The van der Waals surface area contributed by atoms with Gasteiger partial charge in [0.15, 0.2) is 0 Å². The van der Waals surface area contributed by atoms with Gasteiger partial charge in [-0.05, 0) is 6.42 Å². The van der Waals surface area contributed by atoms with Gasteiger partial charge in [0.1, 0.15) is 6.10 Å². The summed E-state index contributed by atoms with van der Waals surface area (Å²) in [5.74, 6) is -0.196. The van der Waals surface area contributed by atoms with Gasteiger partial charge in [-0.2, -0.15) is 0 Å². The van der Waals surface area contributed by atoms with Gasteiger partial charge in [0.05, 0.1) is 0 Å². The number of ether oxygens (including phenoxy) is 1. The van der Waals surface area contributed by atoms with Crippen molar-refractivity contribution in [2.24, 2.45) is 0 Å². The fourth-order valence-electron chi connectivity index (χ4n) is 1.08. The van der Waals surface area contributed by atoms with E-state index in [1.807, 2.05) is 0 Å². The number of carbonyl (C=O) groups is 1. The summed E-state index contributed by atoms with van der Waals surface area (Å²) in [4.78, 5) is 10.6. The number of unbranched alkanes of at least 4 members (excludes halogenated alkanes) is 1. The van der Waals surface area contributed by atoms with Crippen molar-refractivity contribution < 1.29 is 9.53 Å². The van der Waals surface area contributed by atoms with Crippen LogP contribution in [0, 0.1) is 0 Å². The van der Waals surface area contributed by atoms with Gasteiger partial charge < -0.3 is 4.74 Å². The molecule has 0 N–H and O–H groups in total. The summed E-state index contributed by atoms with van der Waals surface area (Å²) in [5, 5.41) is 0. The minimum Gasteiger partial charge on any atom is -0.462 e. The minimum absolute atomic E-state index is 0.0416. The molecule has 0 aliphatic heterocycles. The number of esters is 1. The summed E-state index contributed by atoms with van der Waals surface area (Å²) in [6.07, 6.45) is 5.78. The van der Waals surface area contributed by atoms with Crippen LogP contribution in [-0.2, 0) is 9.53 Å². The minimum atomic E-state index is -0.196. The van der Waals surface area contributed by atoms with E-state index in [9.17, 15) is 4.79 Å². The van der Waals surface area contributed by atoms with E-state index in [2.05, 4.69) is 13.5 Å².